The van der Waals surface area contributed by atoms with Crippen LogP contribution in [0, 0.1) is 6.92 Å². The molecule has 0 saturated heterocycles. The second-order valence-corrected chi connectivity index (χ2v) is 6.37. The molecule has 0 heterocycles. The van der Waals surface area contributed by atoms with Crippen molar-refractivity contribution >= 4 is 12.0 Å². The van der Waals surface area contributed by atoms with Crippen LogP contribution >= 0.6 is 0 Å². The lowest BCUT2D eigenvalue weighted by Crippen LogP contribution is -2.24. The number of methoxy groups -OCH3 is 1. The van der Waals surface area contributed by atoms with Crippen LogP contribution in [0.25, 0.3) is 6.08 Å². The van der Waals surface area contributed by atoms with Crippen LogP contribution in [0.2, 0.25) is 0 Å². The van der Waals surface area contributed by atoms with Crippen molar-refractivity contribution in [1.82, 2.24) is 4.90 Å². The van der Waals surface area contributed by atoms with Gasteiger partial charge in [0.15, 0.2) is 11.5 Å². The number of hydrogen-bond acceptors (Lipinski definition) is 4. The first-order chi connectivity index (χ1) is 13.8. The number of likely N-dealkylation sites (N-methyl/N-ethyl adjacent to an activating group) is 1. The van der Waals surface area contributed by atoms with Crippen molar-refractivity contribution in [2.75, 3.05) is 20.8 Å². The Morgan fingerprint density at radius 1 is 1.14 bits per heavy atom. The average molecular weight is 405 g/mol. The van der Waals surface area contributed by atoms with E-state index in [0.29, 0.717) is 12.4 Å². The van der Waals surface area contributed by atoms with Crippen molar-refractivity contribution in [3.05, 3.63) is 59.2 Å². The Kier molecular flexibility index (Phi) is 8.00. The van der Waals surface area contributed by atoms with Crippen molar-refractivity contribution in [1.29, 1.82) is 0 Å². The van der Waals surface area contributed by atoms with Gasteiger partial charge in [0.05, 0.1) is 13.7 Å². The zero-order valence-corrected chi connectivity index (χ0v) is 16.9. The first-order valence-electron chi connectivity index (χ1n) is 9.12. The molecule has 0 aliphatic carbocycles. The van der Waals surface area contributed by atoms with E-state index in [9.17, 15) is 13.6 Å². The molecule has 2 aromatic carbocycles. The third kappa shape index (κ3) is 6.48. The molecule has 0 aliphatic heterocycles. The topological polar surface area (TPSA) is 48.0 Å². The number of ether oxygens (including phenoxy) is 3. The summed E-state index contributed by atoms with van der Waals surface area (Å²) in [6.45, 7) is 1.36. The summed E-state index contributed by atoms with van der Waals surface area (Å²) >= 11 is 0. The van der Waals surface area contributed by atoms with Gasteiger partial charge in [0.1, 0.15) is 5.75 Å². The third-order valence-corrected chi connectivity index (χ3v) is 4.11. The Balaban J connectivity index is 2.11. The van der Waals surface area contributed by atoms with Crippen molar-refractivity contribution < 1.29 is 27.8 Å². The highest BCUT2D eigenvalue weighted by Gasteiger charge is 2.13. The molecule has 0 spiro atoms. The molecule has 0 N–H and O–H groups in total. The number of benzene rings is 2. The molecule has 156 valence electrons. The summed E-state index contributed by atoms with van der Waals surface area (Å²) in [6.07, 6.45) is 3.17. The smallest absolute Gasteiger partial charge is 0.387 e. The summed E-state index contributed by atoms with van der Waals surface area (Å²) < 4.78 is 40.2. The molecule has 0 aromatic heterocycles. The molecule has 29 heavy (non-hydrogen) atoms. The van der Waals surface area contributed by atoms with Gasteiger partial charge in [-0.1, -0.05) is 17.7 Å². The SMILES string of the molecule is CCOc1cc(CN(C)C(=O)/C=C/c2cc(C)ccc2OC)ccc1OC(F)F. The Morgan fingerprint density at radius 3 is 2.52 bits per heavy atom. The molecule has 0 atom stereocenters. The van der Waals surface area contributed by atoms with Crippen LogP contribution in [0.15, 0.2) is 42.5 Å². The van der Waals surface area contributed by atoms with Crippen LogP contribution in [-0.4, -0.2) is 38.2 Å². The number of nitrogens with zero attached hydrogens (tertiary/aromatic N) is 1. The maximum absolute atomic E-state index is 12.5. The molecule has 5 nitrogen and oxygen atoms in total. The van der Waals surface area contributed by atoms with E-state index in [0.717, 1.165) is 16.7 Å². The molecule has 7 heteroatoms. The van der Waals surface area contributed by atoms with Crippen LogP contribution in [-0.2, 0) is 11.3 Å². The van der Waals surface area contributed by atoms with Gasteiger partial charge in [-0.15, -0.1) is 0 Å². The predicted octanol–water partition coefficient (Wildman–Crippen LogP) is 4.68. The summed E-state index contributed by atoms with van der Waals surface area (Å²) in [5, 5.41) is 0. The molecule has 0 aliphatic rings. The van der Waals surface area contributed by atoms with Crippen molar-refractivity contribution in [3.8, 4) is 17.2 Å². The second-order valence-electron chi connectivity index (χ2n) is 6.37. The first kappa shape index (κ1) is 22.2. The lowest BCUT2D eigenvalue weighted by atomic mass is 10.1. The fourth-order valence-electron chi connectivity index (χ4n) is 2.74. The van der Waals surface area contributed by atoms with Gasteiger partial charge in [0.25, 0.3) is 0 Å². The third-order valence-electron chi connectivity index (χ3n) is 4.11. The number of alkyl halides is 2. The average Bonchev–Trinajstić information content (AvgIpc) is 2.68. The highest BCUT2D eigenvalue weighted by molar-refractivity contribution is 5.92. The number of rotatable bonds is 9. The maximum Gasteiger partial charge on any atom is 0.387 e. The molecule has 2 aromatic rings. The van der Waals surface area contributed by atoms with Crippen LogP contribution in [0.5, 0.6) is 17.2 Å². The Morgan fingerprint density at radius 2 is 1.86 bits per heavy atom. The van der Waals surface area contributed by atoms with E-state index in [1.807, 2.05) is 25.1 Å². The summed E-state index contributed by atoms with van der Waals surface area (Å²) in [4.78, 5) is 14.0. The van der Waals surface area contributed by atoms with E-state index in [1.54, 1.807) is 39.3 Å². The number of amides is 1. The van der Waals surface area contributed by atoms with E-state index >= 15 is 0 Å². The van der Waals surface area contributed by atoms with Gasteiger partial charge in [0.2, 0.25) is 5.91 Å². The highest BCUT2D eigenvalue weighted by atomic mass is 19.3. The summed E-state index contributed by atoms with van der Waals surface area (Å²) in [7, 11) is 3.23. The lowest BCUT2D eigenvalue weighted by Gasteiger charge is -2.17. The van der Waals surface area contributed by atoms with Gasteiger partial charge >= 0.3 is 6.61 Å². The number of hydrogen-bond donors (Lipinski definition) is 0. The highest BCUT2D eigenvalue weighted by Crippen LogP contribution is 2.30. The van der Waals surface area contributed by atoms with Crippen LogP contribution < -0.4 is 14.2 Å². The van der Waals surface area contributed by atoms with Gasteiger partial charge in [-0.3, -0.25) is 4.79 Å². The number of halogens is 2. The summed E-state index contributed by atoms with van der Waals surface area (Å²) in [6, 6.07) is 10.3. The number of carbonyl (C=O) groups is 1. The van der Waals surface area contributed by atoms with E-state index in [1.165, 1.54) is 17.0 Å². The second kappa shape index (κ2) is 10.5. The maximum atomic E-state index is 12.5. The van der Waals surface area contributed by atoms with E-state index in [4.69, 9.17) is 9.47 Å². The minimum Gasteiger partial charge on any atom is -0.496 e. The Labute approximate surface area is 169 Å². The minimum absolute atomic E-state index is 0.0361. The normalized spacial score (nSPS) is 11.0. The molecule has 2 rings (SSSR count). The van der Waals surface area contributed by atoms with E-state index < -0.39 is 6.61 Å². The summed E-state index contributed by atoms with van der Waals surface area (Å²) in [5.74, 6) is 0.648. The lowest BCUT2D eigenvalue weighted by molar-refractivity contribution is -0.125. The molecular formula is C22H25F2NO4. The van der Waals surface area contributed by atoms with Gasteiger partial charge in [-0.25, -0.2) is 0 Å². The van der Waals surface area contributed by atoms with Gasteiger partial charge in [-0.2, -0.15) is 8.78 Å². The molecular weight excluding hydrogens is 380 g/mol. The molecule has 0 unspecified atom stereocenters. The minimum atomic E-state index is -2.94. The van der Waals surface area contributed by atoms with Gasteiger partial charge < -0.3 is 19.1 Å². The zero-order valence-electron chi connectivity index (χ0n) is 16.9. The van der Waals surface area contributed by atoms with Gasteiger partial charge in [0, 0.05) is 25.2 Å². The largest absolute Gasteiger partial charge is 0.496 e. The molecule has 0 saturated carbocycles. The van der Waals surface area contributed by atoms with Crippen LogP contribution in [0.1, 0.15) is 23.6 Å². The van der Waals surface area contributed by atoms with Crippen molar-refractivity contribution in [3.63, 3.8) is 0 Å². The quantitative estimate of drug-likeness (QED) is 0.569. The predicted molar refractivity (Wildman–Crippen MR) is 107 cm³/mol. The monoisotopic (exact) mass is 405 g/mol. The van der Waals surface area contributed by atoms with Crippen LogP contribution in [0.4, 0.5) is 8.78 Å². The Hall–Kier alpha value is -3.09. The fourth-order valence-corrected chi connectivity index (χ4v) is 2.74. The summed E-state index contributed by atoms with van der Waals surface area (Å²) in [5.41, 5.74) is 2.59. The molecule has 0 radical (unpaired) electrons. The van der Waals surface area contributed by atoms with E-state index in [2.05, 4.69) is 4.74 Å². The van der Waals surface area contributed by atoms with Crippen LogP contribution in [0.3, 0.4) is 0 Å². The number of aryl methyl sites for hydroxylation is 1. The molecule has 1 amide bonds. The van der Waals surface area contributed by atoms with Crippen molar-refractivity contribution in [2.45, 2.75) is 27.0 Å². The zero-order chi connectivity index (χ0) is 21.4. The Bertz CT molecular complexity index is 868. The number of carbonyl (C=O) groups excluding carboxylic acids is 1. The fraction of sp³-hybridized carbons (Fsp3) is 0.318. The first-order valence-corrected chi connectivity index (χ1v) is 9.12. The standard InChI is InChI=1S/C22H25F2NO4/c1-5-28-20-13-16(7-10-19(20)29-22(23)24)14-25(3)21(26)11-8-17-12-15(2)6-9-18(17)27-4/h6-13,22H,5,14H2,1-4H3/b11-8+. The van der Waals surface area contributed by atoms with E-state index in [-0.39, 0.29) is 24.0 Å². The van der Waals surface area contributed by atoms with Gasteiger partial charge in [-0.05, 0) is 49.8 Å². The molecule has 0 bridgehead atoms. The van der Waals surface area contributed by atoms with Crippen molar-refractivity contribution in [2.24, 2.45) is 0 Å². The molecule has 0 fully saturated rings.